The predicted molar refractivity (Wildman–Crippen MR) is 49.0 cm³/mol. The van der Waals surface area contributed by atoms with Crippen molar-refractivity contribution in [3.05, 3.63) is 30.3 Å². The Morgan fingerprint density at radius 3 is 2.50 bits per heavy atom. The maximum absolute atomic E-state index is 11.0. The molecule has 0 spiro atoms. The van der Waals surface area contributed by atoms with Crippen LogP contribution in [0.2, 0.25) is 0 Å². The average Bonchev–Trinajstić information content (AvgIpc) is 2.06. The average molecular weight is 182 g/mol. The van der Waals surface area contributed by atoms with Crippen LogP contribution in [-0.4, -0.2) is 16.3 Å². The van der Waals surface area contributed by atoms with Crippen molar-refractivity contribution in [3.63, 3.8) is 0 Å². The van der Waals surface area contributed by atoms with Gasteiger partial charge in [-0.25, -0.2) is 0 Å². The van der Waals surface area contributed by atoms with Crippen molar-refractivity contribution >= 4 is 16.9 Å². The molecule has 1 aromatic carbocycles. The van der Waals surface area contributed by atoms with Gasteiger partial charge in [-0.1, -0.05) is 18.2 Å². The quantitative estimate of drug-likeness (QED) is 0.707. The molecule has 0 aliphatic heterocycles. The highest BCUT2D eigenvalue weighted by Gasteiger charge is 2.09. The first-order valence-electron chi connectivity index (χ1n) is 3.65. The Morgan fingerprint density at radius 2 is 2.00 bits per heavy atom. The van der Waals surface area contributed by atoms with Gasteiger partial charge in [0.05, 0.1) is 0 Å². The lowest BCUT2D eigenvalue weighted by atomic mass is 10.4. The van der Waals surface area contributed by atoms with Gasteiger partial charge in [0.1, 0.15) is 6.10 Å². The molecular weight excluding hydrogens is 172 g/mol. The van der Waals surface area contributed by atoms with Crippen molar-refractivity contribution in [2.24, 2.45) is 0 Å². The van der Waals surface area contributed by atoms with Crippen molar-refractivity contribution < 1.29 is 9.90 Å². The fourth-order valence-corrected chi connectivity index (χ4v) is 1.39. The molecule has 2 nitrogen and oxygen atoms in total. The third-order valence-corrected chi connectivity index (χ3v) is 2.35. The molecule has 1 atom stereocenters. The van der Waals surface area contributed by atoms with Gasteiger partial charge in [0.25, 0.3) is 0 Å². The zero-order chi connectivity index (χ0) is 8.97. The summed E-state index contributed by atoms with van der Waals surface area (Å²) in [7, 11) is 0. The number of hydrogen-bond acceptors (Lipinski definition) is 3. The van der Waals surface area contributed by atoms with Gasteiger partial charge in [-0.2, -0.15) is 0 Å². The van der Waals surface area contributed by atoms with E-state index in [-0.39, 0.29) is 5.12 Å². The van der Waals surface area contributed by atoms with E-state index >= 15 is 0 Å². The Hall–Kier alpha value is -0.800. The van der Waals surface area contributed by atoms with Crippen LogP contribution in [0.15, 0.2) is 35.2 Å². The summed E-state index contributed by atoms with van der Waals surface area (Å²) in [5.41, 5.74) is 0. The molecule has 1 rings (SSSR count). The smallest absolute Gasteiger partial charge is 0.221 e. The van der Waals surface area contributed by atoms with Crippen LogP contribution in [0.5, 0.6) is 0 Å². The molecule has 0 bridgehead atoms. The van der Waals surface area contributed by atoms with E-state index in [0.29, 0.717) is 0 Å². The molecule has 12 heavy (non-hydrogen) atoms. The zero-order valence-corrected chi connectivity index (χ0v) is 7.54. The van der Waals surface area contributed by atoms with E-state index in [2.05, 4.69) is 0 Å². The van der Waals surface area contributed by atoms with E-state index in [1.54, 1.807) is 0 Å². The Bertz CT molecular complexity index is 256. The lowest BCUT2D eigenvalue weighted by Crippen LogP contribution is -2.11. The van der Waals surface area contributed by atoms with Crippen molar-refractivity contribution in [2.75, 3.05) is 0 Å². The highest BCUT2D eigenvalue weighted by atomic mass is 32.2. The molecular formula is C9H10O2S. The van der Waals surface area contributed by atoms with Gasteiger partial charge in [-0.15, -0.1) is 0 Å². The number of thioether (sulfide) groups is 1. The summed E-state index contributed by atoms with van der Waals surface area (Å²) >= 11 is 1.06. The topological polar surface area (TPSA) is 37.3 Å². The van der Waals surface area contributed by atoms with Gasteiger partial charge in [-0.05, 0) is 30.8 Å². The Balaban J connectivity index is 2.59. The monoisotopic (exact) mass is 182 g/mol. The predicted octanol–water partition coefficient (Wildman–Crippen LogP) is 1.69. The first-order chi connectivity index (χ1) is 5.70. The first kappa shape index (κ1) is 9.29. The van der Waals surface area contributed by atoms with Crippen LogP contribution in [0.4, 0.5) is 0 Å². The second-order valence-electron chi connectivity index (χ2n) is 2.41. The third-order valence-electron chi connectivity index (χ3n) is 1.30. The lowest BCUT2D eigenvalue weighted by Gasteiger charge is -2.01. The standard InChI is InChI=1S/C9H10O2S/c1-7(10)9(11)12-8-5-3-2-4-6-8/h2-7,10H,1H3/t7-/m1/s1. The van der Waals surface area contributed by atoms with Gasteiger partial charge in [0.2, 0.25) is 5.12 Å². The van der Waals surface area contributed by atoms with Gasteiger partial charge in [-0.3, -0.25) is 4.79 Å². The summed E-state index contributed by atoms with van der Waals surface area (Å²) in [6.07, 6.45) is -0.893. The van der Waals surface area contributed by atoms with Gasteiger partial charge < -0.3 is 5.11 Å². The molecule has 1 aromatic rings. The number of aliphatic hydroxyl groups excluding tert-OH is 1. The number of hydrogen-bond donors (Lipinski definition) is 1. The minimum Gasteiger partial charge on any atom is -0.385 e. The summed E-state index contributed by atoms with van der Waals surface area (Å²) < 4.78 is 0. The molecule has 0 radical (unpaired) electrons. The number of carbonyl (C=O) groups is 1. The van der Waals surface area contributed by atoms with E-state index in [1.165, 1.54) is 6.92 Å². The maximum atomic E-state index is 11.0. The van der Waals surface area contributed by atoms with Crippen molar-refractivity contribution in [2.45, 2.75) is 17.9 Å². The summed E-state index contributed by atoms with van der Waals surface area (Å²) in [6, 6.07) is 9.28. The van der Waals surface area contributed by atoms with Crippen LogP contribution in [0.1, 0.15) is 6.92 Å². The number of aliphatic hydroxyl groups is 1. The van der Waals surface area contributed by atoms with Crippen LogP contribution in [0.3, 0.4) is 0 Å². The highest BCUT2D eigenvalue weighted by molar-refractivity contribution is 8.13. The number of rotatable bonds is 2. The SMILES string of the molecule is C[C@@H](O)C(=O)Sc1ccccc1. The van der Waals surface area contributed by atoms with Gasteiger partial charge in [0.15, 0.2) is 0 Å². The van der Waals surface area contributed by atoms with Gasteiger partial charge >= 0.3 is 0 Å². The summed E-state index contributed by atoms with van der Waals surface area (Å²) in [5.74, 6) is 0. The van der Waals surface area contributed by atoms with Crippen LogP contribution < -0.4 is 0 Å². The molecule has 0 aromatic heterocycles. The molecule has 0 amide bonds. The third kappa shape index (κ3) is 2.68. The minimum absolute atomic E-state index is 0.221. The minimum atomic E-state index is -0.893. The fourth-order valence-electron chi connectivity index (χ4n) is 0.690. The Labute approximate surface area is 75.6 Å². The molecule has 64 valence electrons. The van der Waals surface area contributed by atoms with Crippen molar-refractivity contribution in [1.82, 2.24) is 0 Å². The van der Waals surface area contributed by atoms with E-state index in [9.17, 15) is 4.79 Å². The summed E-state index contributed by atoms with van der Waals surface area (Å²) in [4.78, 5) is 11.9. The number of carbonyl (C=O) groups excluding carboxylic acids is 1. The fraction of sp³-hybridized carbons (Fsp3) is 0.222. The first-order valence-corrected chi connectivity index (χ1v) is 4.46. The molecule has 0 unspecified atom stereocenters. The van der Waals surface area contributed by atoms with Crippen molar-refractivity contribution in [3.8, 4) is 0 Å². The largest absolute Gasteiger partial charge is 0.385 e. The molecule has 1 N–H and O–H groups in total. The highest BCUT2D eigenvalue weighted by Crippen LogP contribution is 2.18. The second kappa shape index (κ2) is 4.28. The molecule has 0 saturated carbocycles. The summed E-state index contributed by atoms with van der Waals surface area (Å²) in [6.45, 7) is 1.47. The molecule has 3 heteroatoms. The van der Waals surface area contributed by atoms with Crippen molar-refractivity contribution in [1.29, 1.82) is 0 Å². The van der Waals surface area contributed by atoms with E-state index in [4.69, 9.17) is 5.11 Å². The number of benzene rings is 1. The van der Waals surface area contributed by atoms with Crippen LogP contribution >= 0.6 is 11.8 Å². The van der Waals surface area contributed by atoms with Crippen LogP contribution in [0.25, 0.3) is 0 Å². The molecule has 0 aliphatic rings. The summed E-state index contributed by atoms with van der Waals surface area (Å²) in [5, 5.41) is 8.69. The Morgan fingerprint density at radius 1 is 1.42 bits per heavy atom. The molecule has 0 heterocycles. The van der Waals surface area contributed by atoms with Crippen LogP contribution in [-0.2, 0) is 4.79 Å². The van der Waals surface area contributed by atoms with Gasteiger partial charge in [0, 0.05) is 4.90 Å². The molecule has 0 saturated heterocycles. The second-order valence-corrected chi connectivity index (χ2v) is 3.49. The molecule has 0 fully saturated rings. The van der Waals surface area contributed by atoms with Crippen LogP contribution in [0, 0.1) is 0 Å². The lowest BCUT2D eigenvalue weighted by molar-refractivity contribution is -0.117. The Kier molecular flexibility index (Phi) is 3.31. The maximum Gasteiger partial charge on any atom is 0.221 e. The van der Waals surface area contributed by atoms with E-state index in [1.807, 2.05) is 30.3 Å². The van der Waals surface area contributed by atoms with E-state index in [0.717, 1.165) is 16.7 Å². The zero-order valence-electron chi connectivity index (χ0n) is 6.73. The normalized spacial score (nSPS) is 12.5. The molecule has 0 aliphatic carbocycles. The van der Waals surface area contributed by atoms with E-state index < -0.39 is 6.10 Å².